The molecule has 2 aliphatic rings. The highest BCUT2D eigenvalue weighted by Gasteiger charge is 2.31. The van der Waals surface area contributed by atoms with Crippen molar-refractivity contribution in [3.8, 4) is 0 Å². The zero-order valence-corrected chi connectivity index (χ0v) is 6.34. The van der Waals surface area contributed by atoms with Crippen LogP contribution in [-0.4, -0.2) is 25.4 Å². The highest BCUT2D eigenvalue weighted by atomic mass is 16.1. The summed E-state index contributed by atoms with van der Waals surface area (Å²) < 4.78 is 0. The molecule has 1 saturated heterocycles. The number of hydrogen-bond acceptors (Lipinski definition) is 3. The molecular weight excluding hydrogens is 140 g/mol. The van der Waals surface area contributed by atoms with Gasteiger partial charge in [-0.1, -0.05) is 0 Å². The highest BCUT2D eigenvalue weighted by Crippen LogP contribution is 2.18. The average Bonchev–Trinajstić information content (AvgIpc) is 2.40. The first-order valence-corrected chi connectivity index (χ1v) is 4.02. The van der Waals surface area contributed by atoms with Crippen LogP contribution in [0, 0.1) is 11.8 Å². The highest BCUT2D eigenvalue weighted by molar-refractivity contribution is 5.92. The molecule has 2 atom stereocenters. The summed E-state index contributed by atoms with van der Waals surface area (Å²) in [7, 11) is 0. The molecule has 0 saturated carbocycles. The van der Waals surface area contributed by atoms with Crippen LogP contribution >= 0.6 is 0 Å². The summed E-state index contributed by atoms with van der Waals surface area (Å²) in [5, 5.41) is 6.34. The maximum atomic E-state index is 11.3. The molecule has 11 heavy (non-hydrogen) atoms. The minimum Gasteiger partial charge on any atom is -0.390 e. The van der Waals surface area contributed by atoms with Crippen LogP contribution in [-0.2, 0) is 4.79 Å². The van der Waals surface area contributed by atoms with Crippen molar-refractivity contribution in [1.82, 2.24) is 10.6 Å². The van der Waals surface area contributed by atoms with Gasteiger partial charge < -0.3 is 10.6 Å². The molecule has 0 radical (unpaired) electrons. The Kier molecular flexibility index (Phi) is 1.66. The van der Waals surface area contributed by atoms with E-state index in [1.807, 2.05) is 0 Å². The number of carbonyl (C=O) groups excluding carboxylic acids is 1. The van der Waals surface area contributed by atoms with E-state index in [1.54, 1.807) is 12.3 Å². The van der Waals surface area contributed by atoms with E-state index in [0.717, 1.165) is 19.6 Å². The summed E-state index contributed by atoms with van der Waals surface area (Å²) in [6.45, 7) is 2.76. The van der Waals surface area contributed by atoms with E-state index in [4.69, 9.17) is 0 Å². The zero-order chi connectivity index (χ0) is 7.68. The number of fused-ring (bicyclic) bond motifs is 1. The van der Waals surface area contributed by atoms with Crippen molar-refractivity contribution in [2.75, 3.05) is 19.6 Å². The standard InChI is InChI=1S/C8H12N2O/c11-8-1-2-9-3-6-4-10-5-7(6)8/h1-2,6-7,9-10H,3-5H2. The number of rotatable bonds is 0. The van der Waals surface area contributed by atoms with Gasteiger partial charge in [0.15, 0.2) is 5.78 Å². The maximum Gasteiger partial charge on any atom is 0.161 e. The van der Waals surface area contributed by atoms with E-state index in [0.29, 0.717) is 5.92 Å². The first-order chi connectivity index (χ1) is 5.38. The first kappa shape index (κ1) is 6.85. The van der Waals surface area contributed by atoms with Crippen LogP contribution in [0.2, 0.25) is 0 Å². The van der Waals surface area contributed by atoms with E-state index in [2.05, 4.69) is 10.6 Å². The average molecular weight is 152 g/mol. The third kappa shape index (κ3) is 1.16. The molecule has 0 aromatic rings. The lowest BCUT2D eigenvalue weighted by atomic mass is 9.93. The van der Waals surface area contributed by atoms with Crippen molar-refractivity contribution in [2.45, 2.75) is 0 Å². The Balaban J connectivity index is 2.16. The molecule has 0 amide bonds. The fraction of sp³-hybridized carbons (Fsp3) is 0.625. The molecule has 2 N–H and O–H groups in total. The Morgan fingerprint density at radius 2 is 2.27 bits per heavy atom. The summed E-state index contributed by atoms with van der Waals surface area (Å²) in [6, 6.07) is 0. The van der Waals surface area contributed by atoms with Gasteiger partial charge in [0, 0.05) is 25.6 Å². The topological polar surface area (TPSA) is 41.1 Å². The van der Waals surface area contributed by atoms with Gasteiger partial charge in [-0.2, -0.15) is 0 Å². The van der Waals surface area contributed by atoms with E-state index in [1.165, 1.54) is 0 Å². The molecule has 0 bridgehead atoms. The van der Waals surface area contributed by atoms with Crippen LogP contribution < -0.4 is 10.6 Å². The summed E-state index contributed by atoms with van der Waals surface area (Å²) in [4.78, 5) is 11.3. The third-order valence-corrected chi connectivity index (χ3v) is 2.45. The van der Waals surface area contributed by atoms with Crippen LogP contribution in [0.15, 0.2) is 12.3 Å². The van der Waals surface area contributed by atoms with E-state index < -0.39 is 0 Å². The van der Waals surface area contributed by atoms with Crippen LogP contribution in [0.3, 0.4) is 0 Å². The predicted octanol–water partition coefficient (Wildman–Crippen LogP) is -0.492. The Bertz CT molecular complexity index is 200. The second kappa shape index (κ2) is 2.66. The predicted molar refractivity (Wildman–Crippen MR) is 42.0 cm³/mol. The molecule has 0 aliphatic carbocycles. The summed E-state index contributed by atoms with van der Waals surface area (Å²) in [5.74, 6) is 0.990. The normalized spacial score (nSPS) is 36.2. The molecule has 2 rings (SSSR count). The number of nitrogens with one attached hydrogen (secondary N) is 2. The summed E-state index contributed by atoms with van der Waals surface area (Å²) in [5.41, 5.74) is 0. The Hall–Kier alpha value is -0.830. The minimum absolute atomic E-state index is 0.223. The van der Waals surface area contributed by atoms with Gasteiger partial charge in [-0.15, -0.1) is 0 Å². The SMILES string of the molecule is O=C1C=CNCC2CNCC12. The van der Waals surface area contributed by atoms with Crippen molar-refractivity contribution in [3.63, 3.8) is 0 Å². The van der Waals surface area contributed by atoms with E-state index >= 15 is 0 Å². The lowest BCUT2D eigenvalue weighted by Crippen LogP contribution is -2.25. The van der Waals surface area contributed by atoms with E-state index in [-0.39, 0.29) is 11.7 Å². The van der Waals surface area contributed by atoms with Crippen molar-refractivity contribution in [3.05, 3.63) is 12.3 Å². The fourth-order valence-electron chi connectivity index (χ4n) is 1.76. The quantitative estimate of drug-likeness (QED) is 0.492. The molecule has 3 heteroatoms. The van der Waals surface area contributed by atoms with Gasteiger partial charge in [0.1, 0.15) is 0 Å². The molecule has 3 nitrogen and oxygen atoms in total. The minimum atomic E-state index is 0.223. The number of ketones is 1. The summed E-state index contributed by atoms with van der Waals surface area (Å²) >= 11 is 0. The fourth-order valence-corrected chi connectivity index (χ4v) is 1.76. The lowest BCUT2D eigenvalue weighted by molar-refractivity contribution is -0.118. The Morgan fingerprint density at radius 3 is 3.18 bits per heavy atom. The number of carbonyl (C=O) groups is 1. The van der Waals surface area contributed by atoms with Gasteiger partial charge in [0.05, 0.1) is 0 Å². The molecular formula is C8H12N2O. The molecule has 0 spiro atoms. The zero-order valence-electron chi connectivity index (χ0n) is 6.34. The van der Waals surface area contributed by atoms with Crippen molar-refractivity contribution in [1.29, 1.82) is 0 Å². The molecule has 0 aromatic heterocycles. The Labute approximate surface area is 65.9 Å². The maximum absolute atomic E-state index is 11.3. The van der Waals surface area contributed by atoms with E-state index in [9.17, 15) is 4.79 Å². The molecule has 2 heterocycles. The second-order valence-electron chi connectivity index (χ2n) is 3.17. The van der Waals surface area contributed by atoms with Crippen LogP contribution in [0.4, 0.5) is 0 Å². The second-order valence-corrected chi connectivity index (χ2v) is 3.17. The monoisotopic (exact) mass is 152 g/mol. The molecule has 0 aromatic carbocycles. The molecule has 2 aliphatic heterocycles. The van der Waals surface area contributed by atoms with Gasteiger partial charge in [0.2, 0.25) is 0 Å². The first-order valence-electron chi connectivity index (χ1n) is 4.02. The van der Waals surface area contributed by atoms with Gasteiger partial charge >= 0.3 is 0 Å². The van der Waals surface area contributed by atoms with Gasteiger partial charge in [-0.25, -0.2) is 0 Å². The Morgan fingerprint density at radius 1 is 1.36 bits per heavy atom. The largest absolute Gasteiger partial charge is 0.390 e. The molecule has 2 unspecified atom stereocenters. The van der Waals surface area contributed by atoms with Crippen molar-refractivity contribution >= 4 is 5.78 Å². The summed E-state index contributed by atoms with van der Waals surface area (Å²) in [6.07, 6.45) is 3.42. The van der Waals surface area contributed by atoms with Crippen molar-refractivity contribution in [2.24, 2.45) is 11.8 Å². The van der Waals surface area contributed by atoms with Crippen LogP contribution in [0.5, 0.6) is 0 Å². The molecule has 1 fully saturated rings. The lowest BCUT2D eigenvalue weighted by Gasteiger charge is -2.11. The van der Waals surface area contributed by atoms with Gasteiger partial charge in [-0.05, 0) is 18.2 Å². The molecule has 60 valence electrons. The smallest absolute Gasteiger partial charge is 0.161 e. The number of allylic oxidation sites excluding steroid dienone is 1. The van der Waals surface area contributed by atoms with Crippen molar-refractivity contribution < 1.29 is 4.79 Å². The van der Waals surface area contributed by atoms with Gasteiger partial charge in [-0.3, -0.25) is 4.79 Å². The van der Waals surface area contributed by atoms with Crippen LogP contribution in [0.25, 0.3) is 0 Å². The van der Waals surface area contributed by atoms with Crippen LogP contribution in [0.1, 0.15) is 0 Å². The van der Waals surface area contributed by atoms with Gasteiger partial charge in [0.25, 0.3) is 0 Å². The third-order valence-electron chi connectivity index (χ3n) is 2.45. The number of hydrogen-bond donors (Lipinski definition) is 2.